The molecule has 204 valence electrons. The summed E-state index contributed by atoms with van der Waals surface area (Å²) in [5.41, 5.74) is 3.06. The first-order chi connectivity index (χ1) is 17.5. The number of hydrogen-bond donors (Lipinski definition) is 2. The SMILES string of the molecule is Cl.O.O.O=C(CO)c1ccc(-c2ccc3ncnc(Nc4ccc(OCc5cccc(F)c5)c(Cl)c4)c3c2)s1. The summed E-state index contributed by atoms with van der Waals surface area (Å²) < 4.78 is 19.1. The lowest BCUT2D eigenvalue weighted by molar-refractivity contribution is 0.0908. The van der Waals surface area contributed by atoms with E-state index in [-0.39, 0.29) is 41.6 Å². The van der Waals surface area contributed by atoms with Crippen LogP contribution in [0.15, 0.2) is 79.1 Å². The van der Waals surface area contributed by atoms with Gasteiger partial charge in [-0.2, -0.15) is 0 Å². The molecule has 5 rings (SSSR count). The fraction of sp³-hybridized carbons (Fsp3) is 0.0741. The Kier molecular flexibility index (Phi) is 11.3. The summed E-state index contributed by atoms with van der Waals surface area (Å²) in [6.45, 7) is -0.325. The van der Waals surface area contributed by atoms with Gasteiger partial charge in [-0.25, -0.2) is 14.4 Å². The lowest BCUT2D eigenvalue weighted by Gasteiger charge is -2.12. The van der Waals surface area contributed by atoms with Gasteiger partial charge in [0.1, 0.15) is 36.9 Å². The molecule has 0 radical (unpaired) electrons. The summed E-state index contributed by atoms with van der Waals surface area (Å²) in [5, 5.41) is 13.6. The normalized spacial score (nSPS) is 10.1. The van der Waals surface area contributed by atoms with Crippen LogP contribution in [0.2, 0.25) is 5.02 Å². The smallest absolute Gasteiger partial charge is 0.198 e. The zero-order valence-electron chi connectivity index (χ0n) is 20.2. The number of nitrogens with zero attached hydrogens (tertiary/aromatic N) is 2. The molecule has 0 amide bonds. The third-order valence-corrected chi connectivity index (χ3v) is 6.89. The van der Waals surface area contributed by atoms with Crippen molar-refractivity contribution in [3.8, 4) is 16.2 Å². The average molecular weight is 592 g/mol. The van der Waals surface area contributed by atoms with Gasteiger partial charge in [-0.05, 0) is 65.7 Å². The minimum Gasteiger partial charge on any atom is -0.487 e. The third kappa shape index (κ3) is 7.27. The number of rotatable bonds is 8. The van der Waals surface area contributed by atoms with Gasteiger partial charge < -0.3 is 26.1 Å². The molecule has 39 heavy (non-hydrogen) atoms. The third-order valence-electron chi connectivity index (χ3n) is 5.42. The van der Waals surface area contributed by atoms with Crippen molar-refractivity contribution in [2.75, 3.05) is 11.9 Å². The highest BCUT2D eigenvalue weighted by atomic mass is 35.5. The lowest BCUT2D eigenvalue weighted by Crippen LogP contribution is -2.00. The molecular weight excluding hydrogens is 568 g/mol. The van der Waals surface area contributed by atoms with E-state index >= 15 is 0 Å². The lowest BCUT2D eigenvalue weighted by atomic mass is 10.1. The topological polar surface area (TPSA) is 147 Å². The van der Waals surface area contributed by atoms with E-state index in [0.29, 0.717) is 32.7 Å². The molecule has 0 unspecified atom stereocenters. The van der Waals surface area contributed by atoms with Crippen LogP contribution in [0.5, 0.6) is 5.75 Å². The summed E-state index contributed by atoms with van der Waals surface area (Å²) in [5.74, 6) is 0.444. The molecule has 0 atom stereocenters. The molecule has 0 fully saturated rings. The maximum absolute atomic E-state index is 13.4. The van der Waals surface area contributed by atoms with Crippen LogP contribution in [-0.2, 0) is 6.61 Å². The van der Waals surface area contributed by atoms with Crippen LogP contribution in [0.25, 0.3) is 21.3 Å². The zero-order valence-corrected chi connectivity index (χ0v) is 22.5. The number of aliphatic hydroxyl groups is 1. The van der Waals surface area contributed by atoms with Gasteiger partial charge >= 0.3 is 0 Å². The molecule has 2 heterocycles. The summed E-state index contributed by atoms with van der Waals surface area (Å²) >= 11 is 7.76. The first kappa shape index (κ1) is 31.6. The molecule has 5 aromatic rings. The van der Waals surface area contributed by atoms with Gasteiger partial charge in [-0.3, -0.25) is 4.79 Å². The van der Waals surface area contributed by atoms with Crippen molar-refractivity contribution in [3.63, 3.8) is 0 Å². The summed E-state index contributed by atoms with van der Waals surface area (Å²) in [6, 6.07) is 20.8. The minimum absolute atomic E-state index is 0. The van der Waals surface area contributed by atoms with Gasteiger partial charge in [0.2, 0.25) is 0 Å². The van der Waals surface area contributed by atoms with Crippen molar-refractivity contribution < 1.29 is 30.0 Å². The predicted octanol–water partition coefficient (Wildman–Crippen LogP) is 5.42. The number of hydrogen-bond acceptors (Lipinski definition) is 7. The number of anilines is 2. The number of benzene rings is 3. The van der Waals surface area contributed by atoms with E-state index in [4.69, 9.17) is 21.4 Å². The summed E-state index contributed by atoms with van der Waals surface area (Å²) in [7, 11) is 0. The second kappa shape index (κ2) is 13.9. The molecule has 0 aliphatic rings. The van der Waals surface area contributed by atoms with Gasteiger partial charge in [-0.1, -0.05) is 29.8 Å². The second-order valence-corrected chi connectivity index (χ2v) is 9.38. The number of carbonyl (C=O) groups is 1. The van der Waals surface area contributed by atoms with E-state index in [1.807, 2.05) is 30.3 Å². The largest absolute Gasteiger partial charge is 0.487 e. The standard InChI is InChI=1S/C27H19ClFN3O3S.ClH.2H2O/c28-21-12-19(5-7-24(21)35-14-16-2-1-3-18(29)10-16)32-27-20-11-17(4-6-22(20)30-15-31-27)25-8-9-26(36-25)23(34)13-33;;;/h1-12,15,33H,13-14H2,(H,30,31,32);1H;2*1H2. The number of ketones is 1. The Balaban J connectivity index is 0.00000178. The molecule has 3 aromatic carbocycles. The Morgan fingerprint density at radius 1 is 1.03 bits per heavy atom. The van der Waals surface area contributed by atoms with Crippen LogP contribution in [-0.4, -0.2) is 38.4 Å². The van der Waals surface area contributed by atoms with Gasteiger partial charge in [0, 0.05) is 16.0 Å². The Hall–Kier alpha value is -3.64. The van der Waals surface area contributed by atoms with Crippen LogP contribution in [0, 0.1) is 5.82 Å². The van der Waals surface area contributed by atoms with Crippen molar-refractivity contribution in [2.24, 2.45) is 0 Å². The number of thiophene rings is 1. The summed E-state index contributed by atoms with van der Waals surface area (Å²) in [4.78, 5) is 22.0. The molecule has 0 bridgehead atoms. The van der Waals surface area contributed by atoms with Crippen molar-refractivity contribution >= 4 is 63.5 Å². The van der Waals surface area contributed by atoms with E-state index < -0.39 is 6.61 Å². The first-order valence-electron chi connectivity index (χ1n) is 10.9. The molecule has 0 spiro atoms. The predicted molar refractivity (Wildman–Crippen MR) is 154 cm³/mol. The van der Waals surface area contributed by atoms with E-state index in [1.165, 1.54) is 29.8 Å². The maximum atomic E-state index is 13.4. The number of carbonyl (C=O) groups excluding carboxylic acids is 1. The number of Topliss-reactive ketones (excluding diaryl/α,β-unsaturated/α-hetero) is 1. The highest BCUT2D eigenvalue weighted by molar-refractivity contribution is 7.17. The summed E-state index contributed by atoms with van der Waals surface area (Å²) in [6.07, 6.45) is 1.48. The van der Waals surface area contributed by atoms with E-state index in [1.54, 1.807) is 30.3 Å². The van der Waals surface area contributed by atoms with Crippen molar-refractivity contribution in [1.29, 1.82) is 0 Å². The first-order valence-corrected chi connectivity index (χ1v) is 12.1. The number of fused-ring (bicyclic) bond motifs is 1. The minimum atomic E-state index is -0.517. The number of aromatic nitrogens is 2. The quantitative estimate of drug-likeness (QED) is 0.230. The van der Waals surface area contributed by atoms with Crippen LogP contribution in [0.1, 0.15) is 15.2 Å². The van der Waals surface area contributed by atoms with Crippen LogP contribution >= 0.6 is 35.3 Å². The molecule has 8 nitrogen and oxygen atoms in total. The Morgan fingerprint density at radius 3 is 2.59 bits per heavy atom. The highest BCUT2D eigenvalue weighted by Gasteiger charge is 2.12. The molecule has 0 aliphatic carbocycles. The van der Waals surface area contributed by atoms with E-state index in [9.17, 15) is 9.18 Å². The average Bonchev–Trinajstić information content (AvgIpc) is 3.38. The monoisotopic (exact) mass is 591 g/mol. The van der Waals surface area contributed by atoms with Crippen molar-refractivity contribution in [2.45, 2.75) is 6.61 Å². The van der Waals surface area contributed by atoms with Crippen LogP contribution in [0.3, 0.4) is 0 Å². The molecule has 0 saturated heterocycles. The van der Waals surface area contributed by atoms with Gasteiger partial charge in [0.25, 0.3) is 0 Å². The van der Waals surface area contributed by atoms with Gasteiger partial charge in [0.05, 0.1) is 15.4 Å². The zero-order chi connectivity index (χ0) is 25.1. The number of halogens is 3. The molecule has 12 heteroatoms. The Morgan fingerprint density at radius 2 is 1.85 bits per heavy atom. The van der Waals surface area contributed by atoms with Gasteiger partial charge in [-0.15, -0.1) is 23.7 Å². The number of ether oxygens (including phenoxy) is 1. The fourth-order valence-corrected chi connectivity index (χ4v) is 4.82. The molecule has 0 aliphatic heterocycles. The number of aliphatic hydroxyl groups excluding tert-OH is 1. The molecular formula is C27H24Cl2FN3O5S. The fourth-order valence-electron chi connectivity index (χ4n) is 3.65. The molecule has 0 saturated carbocycles. The van der Waals surface area contributed by atoms with Crippen molar-refractivity contribution in [1.82, 2.24) is 9.97 Å². The van der Waals surface area contributed by atoms with E-state index in [2.05, 4.69) is 15.3 Å². The number of nitrogens with one attached hydrogen (secondary N) is 1. The van der Waals surface area contributed by atoms with Crippen LogP contribution in [0.4, 0.5) is 15.9 Å². The van der Waals surface area contributed by atoms with Crippen molar-refractivity contribution in [3.05, 3.63) is 100 Å². The molecule has 2 aromatic heterocycles. The second-order valence-electron chi connectivity index (χ2n) is 7.89. The Labute approximate surface area is 238 Å². The molecule has 6 N–H and O–H groups in total. The highest BCUT2D eigenvalue weighted by Crippen LogP contribution is 2.34. The van der Waals surface area contributed by atoms with Gasteiger partial charge in [0.15, 0.2) is 5.78 Å². The van der Waals surface area contributed by atoms with E-state index in [0.717, 1.165) is 21.3 Å². The van der Waals surface area contributed by atoms with Crippen LogP contribution < -0.4 is 10.1 Å². The Bertz CT molecular complexity index is 1580. The maximum Gasteiger partial charge on any atom is 0.198 e.